The lowest BCUT2D eigenvalue weighted by molar-refractivity contribution is 0.0332. The van der Waals surface area contributed by atoms with Crippen molar-refractivity contribution in [2.75, 3.05) is 26.3 Å². The first-order valence-corrected chi connectivity index (χ1v) is 7.34. The third-order valence-corrected chi connectivity index (χ3v) is 4.04. The summed E-state index contributed by atoms with van der Waals surface area (Å²) < 4.78 is 7.59. The topological polar surface area (TPSA) is 54.7 Å². The molecule has 1 aromatic heterocycles. The minimum Gasteiger partial charge on any atom is -0.478 e. The van der Waals surface area contributed by atoms with Gasteiger partial charge in [-0.25, -0.2) is 4.79 Å². The molecule has 0 aliphatic carbocycles. The van der Waals surface area contributed by atoms with Crippen LogP contribution in [0.15, 0.2) is 24.3 Å². The Morgan fingerprint density at radius 3 is 2.71 bits per heavy atom. The van der Waals surface area contributed by atoms with E-state index in [1.807, 2.05) is 6.07 Å². The second-order valence-electron chi connectivity index (χ2n) is 5.35. The van der Waals surface area contributed by atoms with Gasteiger partial charge in [-0.1, -0.05) is 6.07 Å². The molecule has 1 aliphatic heterocycles. The van der Waals surface area contributed by atoms with Crippen molar-refractivity contribution in [2.45, 2.75) is 20.0 Å². The van der Waals surface area contributed by atoms with E-state index in [9.17, 15) is 4.79 Å². The van der Waals surface area contributed by atoms with Gasteiger partial charge in [0.1, 0.15) is 0 Å². The highest BCUT2D eigenvalue weighted by Crippen LogP contribution is 2.23. The maximum Gasteiger partial charge on any atom is 0.335 e. The number of nitrogens with zero attached hydrogens (tertiary/aromatic N) is 2. The van der Waals surface area contributed by atoms with Gasteiger partial charge in [0, 0.05) is 37.4 Å². The molecule has 2 aromatic rings. The van der Waals surface area contributed by atoms with Crippen molar-refractivity contribution in [1.29, 1.82) is 0 Å². The van der Waals surface area contributed by atoms with Gasteiger partial charge >= 0.3 is 5.97 Å². The largest absolute Gasteiger partial charge is 0.478 e. The summed E-state index contributed by atoms with van der Waals surface area (Å²) in [4.78, 5) is 13.5. The van der Waals surface area contributed by atoms with Gasteiger partial charge in [0.25, 0.3) is 0 Å². The van der Waals surface area contributed by atoms with Gasteiger partial charge in [-0.05, 0) is 30.5 Å². The highest BCUT2D eigenvalue weighted by molar-refractivity contribution is 5.93. The molecule has 2 heterocycles. The Morgan fingerprint density at radius 2 is 2.05 bits per heavy atom. The van der Waals surface area contributed by atoms with Crippen molar-refractivity contribution in [3.63, 3.8) is 0 Å². The molecule has 0 atom stereocenters. The molecule has 0 amide bonds. The summed E-state index contributed by atoms with van der Waals surface area (Å²) in [6.45, 7) is 7.29. The molecule has 0 spiro atoms. The molecule has 1 aliphatic rings. The summed E-state index contributed by atoms with van der Waals surface area (Å²) in [6, 6.07) is 7.50. The molecule has 0 saturated carbocycles. The van der Waals surface area contributed by atoms with E-state index in [-0.39, 0.29) is 0 Å². The van der Waals surface area contributed by atoms with Crippen LogP contribution < -0.4 is 0 Å². The van der Waals surface area contributed by atoms with Crippen molar-refractivity contribution < 1.29 is 14.6 Å². The number of aromatic nitrogens is 1. The molecular formula is C16H20N2O3. The van der Waals surface area contributed by atoms with Gasteiger partial charge in [0.2, 0.25) is 0 Å². The van der Waals surface area contributed by atoms with Crippen LogP contribution in [-0.4, -0.2) is 46.8 Å². The fourth-order valence-electron chi connectivity index (χ4n) is 2.94. The molecule has 3 rings (SSSR count). The Hall–Kier alpha value is -1.85. The predicted molar refractivity (Wildman–Crippen MR) is 80.7 cm³/mol. The SMILES string of the molecule is CCn1c(CN2CCOCC2)cc2ccc(C(=O)O)cc21. The Morgan fingerprint density at radius 1 is 1.29 bits per heavy atom. The first kappa shape index (κ1) is 14.1. The molecule has 1 fully saturated rings. The third kappa shape index (κ3) is 2.80. The highest BCUT2D eigenvalue weighted by atomic mass is 16.5. The van der Waals surface area contributed by atoms with Crippen LogP contribution in [0.4, 0.5) is 0 Å². The normalized spacial score (nSPS) is 16.4. The maximum atomic E-state index is 11.1. The standard InChI is InChI=1S/C16H20N2O3/c1-2-18-14(11-17-5-7-21-8-6-17)9-12-3-4-13(16(19)20)10-15(12)18/h3-4,9-10H,2,5-8,11H2,1H3,(H,19,20). The van der Waals surface area contributed by atoms with Crippen molar-refractivity contribution >= 4 is 16.9 Å². The number of aromatic carboxylic acids is 1. The third-order valence-electron chi connectivity index (χ3n) is 4.04. The molecule has 112 valence electrons. The second kappa shape index (κ2) is 5.87. The molecular weight excluding hydrogens is 268 g/mol. The average Bonchev–Trinajstić information content (AvgIpc) is 2.84. The summed E-state index contributed by atoms with van der Waals surface area (Å²) >= 11 is 0. The van der Waals surface area contributed by atoms with Crippen LogP contribution in [-0.2, 0) is 17.8 Å². The van der Waals surface area contributed by atoms with E-state index in [1.165, 1.54) is 5.69 Å². The zero-order valence-corrected chi connectivity index (χ0v) is 12.2. The lowest BCUT2D eigenvalue weighted by atomic mass is 10.1. The highest BCUT2D eigenvalue weighted by Gasteiger charge is 2.15. The number of morpholine rings is 1. The summed E-state index contributed by atoms with van der Waals surface area (Å²) in [7, 11) is 0. The van der Waals surface area contributed by atoms with Crippen LogP contribution in [0.1, 0.15) is 23.0 Å². The van der Waals surface area contributed by atoms with E-state index < -0.39 is 5.97 Å². The number of benzene rings is 1. The minimum atomic E-state index is -0.879. The van der Waals surface area contributed by atoms with Crippen molar-refractivity contribution in [1.82, 2.24) is 9.47 Å². The van der Waals surface area contributed by atoms with Gasteiger partial charge in [-0.2, -0.15) is 0 Å². The number of carboxylic acids is 1. The molecule has 0 bridgehead atoms. The minimum absolute atomic E-state index is 0.341. The first-order valence-electron chi connectivity index (χ1n) is 7.34. The van der Waals surface area contributed by atoms with Gasteiger partial charge in [0.05, 0.1) is 18.8 Å². The Labute approximate surface area is 123 Å². The molecule has 0 radical (unpaired) electrons. The summed E-state index contributed by atoms with van der Waals surface area (Å²) in [5, 5.41) is 10.2. The lowest BCUT2D eigenvalue weighted by Gasteiger charge is -2.26. The Kier molecular flexibility index (Phi) is 3.94. The first-order chi connectivity index (χ1) is 10.2. The molecule has 5 heteroatoms. The van der Waals surface area contributed by atoms with Crippen LogP contribution in [0.25, 0.3) is 10.9 Å². The number of fused-ring (bicyclic) bond motifs is 1. The molecule has 1 saturated heterocycles. The smallest absolute Gasteiger partial charge is 0.335 e. The van der Waals surface area contributed by atoms with E-state index in [1.54, 1.807) is 12.1 Å². The number of aryl methyl sites for hydroxylation is 1. The van der Waals surface area contributed by atoms with Crippen molar-refractivity contribution in [3.05, 3.63) is 35.5 Å². The van der Waals surface area contributed by atoms with E-state index in [0.717, 1.165) is 50.3 Å². The Balaban J connectivity index is 1.96. The number of ether oxygens (including phenoxy) is 1. The van der Waals surface area contributed by atoms with Crippen molar-refractivity contribution in [2.24, 2.45) is 0 Å². The number of carbonyl (C=O) groups is 1. The van der Waals surface area contributed by atoms with Crippen LogP contribution in [0, 0.1) is 0 Å². The van der Waals surface area contributed by atoms with Crippen LogP contribution in [0.5, 0.6) is 0 Å². The zero-order chi connectivity index (χ0) is 14.8. The second-order valence-corrected chi connectivity index (χ2v) is 5.35. The lowest BCUT2D eigenvalue weighted by Crippen LogP contribution is -2.36. The van der Waals surface area contributed by atoms with Gasteiger partial charge in [-0.15, -0.1) is 0 Å². The fourth-order valence-corrected chi connectivity index (χ4v) is 2.94. The predicted octanol–water partition coefficient (Wildman–Crippen LogP) is 2.19. The van der Waals surface area contributed by atoms with E-state index >= 15 is 0 Å². The quantitative estimate of drug-likeness (QED) is 0.937. The van der Waals surface area contributed by atoms with Gasteiger partial charge in [0.15, 0.2) is 0 Å². The monoisotopic (exact) mass is 288 g/mol. The molecule has 1 N–H and O–H groups in total. The molecule has 1 aromatic carbocycles. The molecule has 5 nitrogen and oxygen atoms in total. The van der Waals surface area contributed by atoms with E-state index in [4.69, 9.17) is 9.84 Å². The zero-order valence-electron chi connectivity index (χ0n) is 12.2. The average molecular weight is 288 g/mol. The van der Waals surface area contributed by atoms with Crippen molar-refractivity contribution in [3.8, 4) is 0 Å². The summed E-state index contributed by atoms with van der Waals surface area (Å²) in [5.41, 5.74) is 2.57. The maximum absolute atomic E-state index is 11.1. The van der Waals surface area contributed by atoms with Gasteiger partial charge < -0.3 is 14.4 Å². The Bertz CT molecular complexity index is 657. The fraction of sp³-hybridized carbons (Fsp3) is 0.438. The summed E-state index contributed by atoms with van der Waals surface area (Å²) in [5.74, 6) is -0.879. The number of rotatable bonds is 4. The van der Waals surface area contributed by atoms with E-state index in [2.05, 4.69) is 22.5 Å². The number of carboxylic acid groups (broad SMARTS) is 1. The number of hydrogen-bond donors (Lipinski definition) is 1. The van der Waals surface area contributed by atoms with Gasteiger partial charge in [-0.3, -0.25) is 4.90 Å². The van der Waals surface area contributed by atoms with Crippen LogP contribution in [0.3, 0.4) is 0 Å². The summed E-state index contributed by atoms with van der Waals surface area (Å²) in [6.07, 6.45) is 0. The number of hydrogen-bond acceptors (Lipinski definition) is 3. The van der Waals surface area contributed by atoms with Crippen LogP contribution >= 0.6 is 0 Å². The molecule has 0 unspecified atom stereocenters. The molecule has 21 heavy (non-hydrogen) atoms. The van der Waals surface area contributed by atoms with Crippen LogP contribution in [0.2, 0.25) is 0 Å². The van der Waals surface area contributed by atoms with E-state index in [0.29, 0.717) is 5.56 Å².